The molecular weight excluding hydrogens is 348 g/mol. The molecule has 2 amide bonds. The maximum absolute atomic E-state index is 12.6. The lowest BCUT2D eigenvalue weighted by Gasteiger charge is -2.44. The molecule has 0 aromatic heterocycles. The number of rotatable bonds is 3. The van der Waals surface area contributed by atoms with Crippen molar-refractivity contribution in [2.45, 2.75) is 63.9 Å². The van der Waals surface area contributed by atoms with Crippen molar-refractivity contribution >= 4 is 18.5 Å². The highest BCUT2D eigenvalue weighted by molar-refractivity contribution is 5.77. The van der Waals surface area contributed by atoms with Gasteiger partial charge in [0.25, 0.3) is 0 Å². The van der Waals surface area contributed by atoms with Crippen LogP contribution in [0.1, 0.15) is 39.2 Å². The summed E-state index contributed by atoms with van der Waals surface area (Å²) in [6.45, 7) is 5.84. The maximum atomic E-state index is 12.6. The number of hydrogen-bond donors (Lipinski definition) is 0. The molecule has 1 unspecified atom stereocenters. The number of fused-ring (bicyclic) bond motifs is 2. The maximum Gasteiger partial charge on any atom is 0.410 e. The van der Waals surface area contributed by atoms with Crippen LogP contribution >= 0.6 is 0 Å². The number of carbonyl (C=O) groups excluding carboxylic acids is 3. The largest absolute Gasteiger partial charge is 0.445 e. The second kappa shape index (κ2) is 7.58. The third-order valence-corrected chi connectivity index (χ3v) is 4.89. The van der Waals surface area contributed by atoms with Crippen molar-refractivity contribution in [1.82, 2.24) is 9.80 Å². The number of aldehydes is 1. The SMILES string of the molecule is CC(C)(C)OC(=O)N1[C@@H]2CC[C@H]1C(C=O)N(C(=O)OCc1ccccc1)C2. The van der Waals surface area contributed by atoms with Crippen LogP contribution < -0.4 is 0 Å². The van der Waals surface area contributed by atoms with Crippen LogP contribution in [0.2, 0.25) is 0 Å². The van der Waals surface area contributed by atoms with Crippen molar-refractivity contribution in [3.8, 4) is 0 Å². The van der Waals surface area contributed by atoms with Crippen LogP contribution in [0.4, 0.5) is 9.59 Å². The van der Waals surface area contributed by atoms with Crippen molar-refractivity contribution in [2.24, 2.45) is 0 Å². The van der Waals surface area contributed by atoms with Gasteiger partial charge in [0.05, 0.1) is 12.1 Å². The van der Waals surface area contributed by atoms with E-state index in [-0.39, 0.29) is 25.2 Å². The van der Waals surface area contributed by atoms with E-state index in [1.807, 2.05) is 30.3 Å². The zero-order valence-corrected chi connectivity index (χ0v) is 16.0. The number of likely N-dealkylation sites (tertiary alicyclic amines) is 1. The molecule has 2 fully saturated rings. The molecule has 2 aliphatic heterocycles. The Hall–Kier alpha value is -2.57. The van der Waals surface area contributed by atoms with Gasteiger partial charge in [-0.2, -0.15) is 0 Å². The van der Waals surface area contributed by atoms with Crippen molar-refractivity contribution in [2.75, 3.05) is 6.54 Å². The number of piperazine rings is 1. The first-order chi connectivity index (χ1) is 12.8. The molecule has 3 atom stereocenters. The van der Waals surface area contributed by atoms with E-state index in [9.17, 15) is 14.4 Å². The quantitative estimate of drug-likeness (QED) is 0.760. The third kappa shape index (κ3) is 4.23. The Kier molecular flexibility index (Phi) is 5.39. The summed E-state index contributed by atoms with van der Waals surface area (Å²) in [4.78, 5) is 40.0. The first kappa shape index (κ1) is 19.2. The van der Waals surface area contributed by atoms with Gasteiger partial charge in [0, 0.05) is 6.54 Å². The van der Waals surface area contributed by atoms with Gasteiger partial charge in [-0.25, -0.2) is 9.59 Å². The van der Waals surface area contributed by atoms with E-state index in [2.05, 4.69) is 0 Å². The minimum absolute atomic E-state index is 0.146. The molecule has 7 heteroatoms. The average molecular weight is 374 g/mol. The van der Waals surface area contributed by atoms with Crippen LogP contribution in [-0.2, 0) is 20.9 Å². The summed E-state index contributed by atoms with van der Waals surface area (Å²) in [6, 6.07) is 8.11. The Morgan fingerprint density at radius 3 is 2.48 bits per heavy atom. The Balaban J connectivity index is 1.68. The van der Waals surface area contributed by atoms with Crippen molar-refractivity contribution < 1.29 is 23.9 Å². The lowest BCUT2D eigenvalue weighted by molar-refractivity contribution is -0.116. The molecule has 0 saturated carbocycles. The third-order valence-electron chi connectivity index (χ3n) is 4.89. The Labute approximate surface area is 159 Å². The molecule has 7 nitrogen and oxygen atoms in total. The van der Waals surface area contributed by atoms with Crippen LogP contribution in [0.25, 0.3) is 0 Å². The van der Waals surface area contributed by atoms with E-state index in [0.29, 0.717) is 6.42 Å². The predicted octanol–water partition coefficient (Wildman–Crippen LogP) is 2.97. The number of ether oxygens (including phenoxy) is 2. The fourth-order valence-electron chi connectivity index (χ4n) is 3.74. The van der Waals surface area contributed by atoms with E-state index < -0.39 is 23.8 Å². The number of carbonyl (C=O) groups is 3. The molecule has 27 heavy (non-hydrogen) atoms. The lowest BCUT2D eigenvalue weighted by atomic mass is 10.1. The number of benzene rings is 1. The highest BCUT2D eigenvalue weighted by Gasteiger charge is 2.51. The van der Waals surface area contributed by atoms with Crippen LogP contribution in [-0.4, -0.2) is 58.5 Å². The molecule has 0 N–H and O–H groups in total. The second-order valence-electron chi connectivity index (χ2n) is 8.01. The zero-order chi connectivity index (χ0) is 19.6. The van der Waals surface area contributed by atoms with Gasteiger partial charge in [-0.3, -0.25) is 9.80 Å². The summed E-state index contributed by atoms with van der Waals surface area (Å²) in [6.07, 6.45) is 1.16. The topological polar surface area (TPSA) is 76.2 Å². The van der Waals surface area contributed by atoms with E-state index in [4.69, 9.17) is 9.47 Å². The normalized spacial score (nSPS) is 24.5. The van der Waals surface area contributed by atoms with Crippen LogP contribution in [0.15, 0.2) is 30.3 Å². The summed E-state index contributed by atoms with van der Waals surface area (Å²) in [7, 11) is 0. The Bertz CT molecular complexity index is 700. The molecule has 0 spiro atoms. The molecule has 3 rings (SSSR count). The molecule has 2 heterocycles. The monoisotopic (exact) mass is 374 g/mol. The van der Waals surface area contributed by atoms with E-state index in [1.165, 1.54) is 4.90 Å². The molecule has 1 aromatic rings. The van der Waals surface area contributed by atoms with Gasteiger partial charge in [0.15, 0.2) is 0 Å². The van der Waals surface area contributed by atoms with Gasteiger partial charge >= 0.3 is 12.2 Å². The highest BCUT2D eigenvalue weighted by Crippen LogP contribution is 2.35. The van der Waals surface area contributed by atoms with Crippen LogP contribution in [0.5, 0.6) is 0 Å². The van der Waals surface area contributed by atoms with Crippen molar-refractivity contribution in [3.63, 3.8) is 0 Å². The smallest absolute Gasteiger partial charge is 0.410 e. The van der Waals surface area contributed by atoms with Gasteiger partial charge in [-0.15, -0.1) is 0 Å². The molecular formula is C20H26N2O5. The molecule has 2 bridgehead atoms. The average Bonchev–Trinajstić information content (AvgIpc) is 2.94. The van der Waals surface area contributed by atoms with Gasteiger partial charge in [-0.1, -0.05) is 30.3 Å². The van der Waals surface area contributed by atoms with Crippen LogP contribution in [0.3, 0.4) is 0 Å². The van der Waals surface area contributed by atoms with Gasteiger partial charge in [0.2, 0.25) is 0 Å². The molecule has 2 aliphatic rings. The standard InChI is InChI=1S/C20H26N2O5/c1-20(2,3)27-19(25)22-15-9-10-16(22)17(12-23)21(11-15)18(24)26-13-14-7-5-4-6-8-14/h4-8,12,15-17H,9-11,13H2,1-3H3/t15-,16+,17?/m1/s1. The summed E-state index contributed by atoms with van der Waals surface area (Å²) in [5, 5.41) is 0. The number of hydrogen-bond acceptors (Lipinski definition) is 5. The van der Waals surface area contributed by atoms with E-state index in [1.54, 1.807) is 25.7 Å². The number of nitrogens with zero attached hydrogens (tertiary/aromatic N) is 2. The summed E-state index contributed by atoms with van der Waals surface area (Å²) in [5.74, 6) is 0. The Morgan fingerprint density at radius 2 is 1.85 bits per heavy atom. The molecule has 146 valence electrons. The summed E-state index contributed by atoms with van der Waals surface area (Å²) in [5.41, 5.74) is 0.266. The zero-order valence-electron chi connectivity index (χ0n) is 16.0. The van der Waals surface area contributed by atoms with E-state index >= 15 is 0 Å². The fraction of sp³-hybridized carbons (Fsp3) is 0.550. The van der Waals surface area contributed by atoms with Crippen molar-refractivity contribution in [3.05, 3.63) is 35.9 Å². The molecule has 2 saturated heterocycles. The lowest BCUT2D eigenvalue weighted by Crippen LogP contribution is -2.63. The fourth-order valence-corrected chi connectivity index (χ4v) is 3.74. The number of amides is 2. The van der Waals surface area contributed by atoms with Crippen LogP contribution in [0, 0.1) is 0 Å². The first-order valence-electron chi connectivity index (χ1n) is 9.24. The minimum atomic E-state index is -0.723. The molecule has 1 aromatic carbocycles. The summed E-state index contributed by atoms with van der Waals surface area (Å²) < 4.78 is 10.9. The van der Waals surface area contributed by atoms with Crippen molar-refractivity contribution in [1.29, 1.82) is 0 Å². The minimum Gasteiger partial charge on any atom is -0.445 e. The highest BCUT2D eigenvalue weighted by atomic mass is 16.6. The van der Waals surface area contributed by atoms with Gasteiger partial charge < -0.3 is 14.3 Å². The molecule has 0 radical (unpaired) electrons. The first-order valence-corrected chi connectivity index (χ1v) is 9.24. The second-order valence-corrected chi connectivity index (χ2v) is 8.01. The molecule has 0 aliphatic carbocycles. The van der Waals surface area contributed by atoms with Gasteiger partial charge in [0.1, 0.15) is 24.5 Å². The van der Waals surface area contributed by atoms with E-state index in [0.717, 1.165) is 18.3 Å². The van der Waals surface area contributed by atoms with Gasteiger partial charge in [-0.05, 0) is 39.2 Å². The summed E-state index contributed by atoms with van der Waals surface area (Å²) >= 11 is 0. The Morgan fingerprint density at radius 1 is 1.15 bits per heavy atom. The predicted molar refractivity (Wildman–Crippen MR) is 98.1 cm³/mol.